The number of hydrogen-bond donors (Lipinski definition) is 0. The van der Waals surface area contributed by atoms with Crippen molar-refractivity contribution in [1.82, 2.24) is 14.5 Å². The van der Waals surface area contributed by atoms with Crippen molar-refractivity contribution in [2.75, 3.05) is 19.7 Å². The number of fused-ring (bicyclic) bond motifs is 1. The lowest BCUT2D eigenvalue weighted by Crippen LogP contribution is -2.42. The first-order valence-electron chi connectivity index (χ1n) is 9.09. The smallest absolute Gasteiger partial charge is 0.246 e. The van der Waals surface area contributed by atoms with E-state index in [9.17, 15) is 8.42 Å². The number of morpholine rings is 1. The molecule has 1 aromatic carbocycles. The van der Waals surface area contributed by atoms with Crippen LogP contribution in [0.2, 0.25) is 0 Å². The number of aromatic nitrogens is 2. The van der Waals surface area contributed by atoms with Crippen LogP contribution in [0, 0.1) is 0 Å². The molecule has 146 valence electrons. The zero-order valence-corrected chi connectivity index (χ0v) is 16.4. The van der Waals surface area contributed by atoms with E-state index in [4.69, 9.17) is 13.9 Å². The van der Waals surface area contributed by atoms with Crippen molar-refractivity contribution in [3.63, 3.8) is 0 Å². The summed E-state index contributed by atoms with van der Waals surface area (Å²) in [5.74, 6) is 1.69. The highest BCUT2D eigenvalue weighted by Crippen LogP contribution is 2.33. The highest BCUT2D eigenvalue weighted by Gasteiger charge is 2.35. The number of hydrogen-bond acceptors (Lipinski definition) is 7. The van der Waals surface area contributed by atoms with Gasteiger partial charge >= 0.3 is 0 Å². The SMILES string of the molecule is CC(C)c1nnc([C@H]2CN(S(=O)(=O)c3ccc4c(c3)C[C@H](C)O4)CCO2)o1. The molecular weight excluding hydrogens is 370 g/mol. The second-order valence-corrected chi connectivity index (χ2v) is 9.20. The van der Waals surface area contributed by atoms with E-state index in [1.807, 2.05) is 20.8 Å². The lowest BCUT2D eigenvalue weighted by Gasteiger charge is -2.30. The van der Waals surface area contributed by atoms with Crippen LogP contribution < -0.4 is 4.74 Å². The van der Waals surface area contributed by atoms with E-state index in [0.717, 1.165) is 11.3 Å². The minimum atomic E-state index is -3.64. The van der Waals surface area contributed by atoms with Gasteiger partial charge in [-0.2, -0.15) is 4.31 Å². The summed E-state index contributed by atoms with van der Waals surface area (Å²) >= 11 is 0. The molecule has 0 amide bonds. The van der Waals surface area contributed by atoms with Gasteiger partial charge in [0.1, 0.15) is 18.0 Å². The van der Waals surface area contributed by atoms with E-state index < -0.39 is 16.1 Å². The fourth-order valence-electron chi connectivity index (χ4n) is 3.31. The van der Waals surface area contributed by atoms with Gasteiger partial charge in [0.2, 0.25) is 21.8 Å². The second kappa shape index (κ2) is 6.88. The average molecular weight is 393 g/mol. The van der Waals surface area contributed by atoms with E-state index >= 15 is 0 Å². The van der Waals surface area contributed by atoms with Crippen molar-refractivity contribution in [2.24, 2.45) is 0 Å². The summed E-state index contributed by atoms with van der Waals surface area (Å²) in [7, 11) is -3.64. The Bertz CT molecular complexity index is 940. The molecule has 0 unspecified atom stereocenters. The van der Waals surface area contributed by atoms with Crippen molar-refractivity contribution in [3.8, 4) is 5.75 Å². The summed E-state index contributed by atoms with van der Waals surface area (Å²) in [5.41, 5.74) is 0.923. The maximum absolute atomic E-state index is 13.1. The van der Waals surface area contributed by atoms with E-state index in [0.29, 0.717) is 18.2 Å². The van der Waals surface area contributed by atoms with Gasteiger partial charge in [-0.3, -0.25) is 0 Å². The molecule has 2 aliphatic heterocycles. The molecule has 0 spiro atoms. The van der Waals surface area contributed by atoms with Crippen LogP contribution in [0.5, 0.6) is 5.75 Å². The summed E-state index contributed by atoms with van der Waals surface area (Å²) in [6.07, 6.45) is 0.217. The van der Waals surface area contributed by atoms with Gasteiger partial charge in [-0.25, -0.2) is 8.42 Å². The van der Waals surface area contributed by atoms with E-state index in [1.54, 1.807) is 18.2 Å². The lowest BCUT2D eigenvalue weighted by molar-refractivity contribution is -0.0179. The molecule has 0 saturated carbocycles. The highest BCUT2D eigenvalue weighted by molar-refractivity contribution is 7.89. The monoisotopic (exact) mass is 393 g/mol. The van der Waals surface area contributed by atoms with E-state index in [2.05, 4.69) is 10.2 Å². The Balaban J connectivity index is 1.56. The summed E-state index contributed by atoms with van der Waals surface area (Å²) in [6, 6.07) is 5.04. The van der Waals surface area contributed by atoms with Gasteiger partial charge in [0.25, 0.3) is 0 Å². The molecule has 8 nitrogen and oxygen atoms in total. The molecule has 2 atom stereocenters. The Kier molecular flexibility index (Phi) is 4.69. The maximum Gasteiger partial charge on any atom is 0.246 e. The first-order chi connectivity index (χ1) is 12.8. The van der Waals surface area contributed by atoms with Gasteiger partial charge in [0.05, 0.1) is 11.5 Å². The zero-order chi connectivity index (χ0) is 19.2. The van der Waals surface area contributed by atoms with Crippen LogP contribution in [0.25, 0.3) is 0 Å². The molecule has 9 heteroatoms. The van der Waals surface area contributed by atoms with Gasteiger partial charge < -0.3 is 13.9 Å². The Hall–Kier alpha value is -1.97. The summed E-state index contributed by atoms with van der Waals surface area (Å²) in [6.45, 7) is 6.58. The van der Waals surface area contributed by atoms with Crippen LogP contribution in [-0.4, -0.2) is 48.7 Å². The predicted molar refractivity (Wildman–Crippen MR) is 96.1 cm³/mol. The van der Waals surface area contributed by atoms with Crippen molar-refractivity contribution in [2.45, 2.75) is 50.2 Å². The van der Waals surface area contributed by atoms with Gasteiger partial charge in [-0.05, 0) is 30.7 Å². The van der Waals surface area contributed by atoms with Crippen molar-refractivity contribution < 1.29 is 22.3 Å². The Morgan fingerprint density at radius 3 is 2.81 bits per heavy atom. The first kappa shape index (κ1) is 18.4. The molecule has 27 heavy (non-hydrogen) atoms. The fourth-order valence-corrected chi connectivity index (χ4v) is 4.79. The summed E-state index contributed by atoms with van der Waals surface area (Å²) in [4.78, 5) is 0.271. The summed E-state index contributed by atoms with van der Waals surface area (Å²) in [5, 5.41) is 8.03. The normalized spacial score (nSPS) is 23.4. The van der Waals surface area contributed by atoms with Gasteiger partial charge in [-0.15, -0.1) is 10.2 Å². The minimum absolute atomic E-state index is 0.0680. The average Bonchev–Trinajstić information content (AvgIpc) is 3.27. The third kappa shape index (κ3) is 3.46. The number of ether oxygens (including phenoxy) is 2. The molecule has 3 heterocycles. The molecule has 2 aliphatic rings. The largest absolute Gasteiger partial charge is 0.490 e. The topological polar surface area (TPSA) is 94.8 Å². The highest BCUT2D eigenvalue weighted by atomic mass is 32.2. The van der Waals surface area contributed by atoms with Crippen LogP contribution in [0.3, 0.4) is 0 Å². The molecular formula is C18H23N3O5S. The third-order valence-corrected chi connectivity index (χ3v) is 6.62. The van der Waals surface area contributed by atoms with Crippen LogP contribution in [0.1, 0.15) is 50.1 Å². The quantitative estimate of drug-likeness (QED) is 0.786. The maximum atomic E-state index is 13.1. The third-order valence-electron chi connectivity index (χ3n) is 4.76. The van der Waals surface area contributed by atoms with Crippen molar-refractivity contribution in [3.05, 3.63) is 35.5 Å². The van der Waals surface area contributed by atoms with Crippen LogP contribution in [0.4, 0.5) is 0 Å². The van der Waals surface area contributed by atoms with Crippen molar-refractivity contribution >= 4 is 10.0 Å². The Morgan fingerprint density at radius 2 is 2.07 bits per heavy atom. The predicted octanol–water partition coefficient (Wildman–Crippen LogP) is 2.28. The zero-order valence-electron chi connectivity index (χ0n) is 15.6. The molecule has 1 saturated heterocycles. The second-order valence-electron chi connectivity index (χ2n) is 7.26. The van der Waals surface area contributed by atoms with Crippen LogP contribution >= 0.6 is 0 Å². The summed E-state index contributed by atoms with van der Waals surface area (Å²) < 4.78 is 44.6. The fraction of sp³-hybridized carbons (Fsp3) is 0.556. The van der Waals surface area contributed by atoms with Crippen LogP contribution in [0.15, 0.2) is 27.5 Å². The minimum Gasteiger partial charge on any atom is -0.490 e. The van der Waals surface area contributed by atoms with E-state index in [1.165, 1.54) is 4.31 Å². The molecule has 1 aromatic heterocycles. The number of nitrogens with zero attached hydrogens (tertiary/aromatic N) is 3. The van der Waals surface area contributed by atoms with Gasteiger partial charge in [0, 0.05) is 25.4 Å². The van der Waals surface area contributed by atoms with Gasteiger partial charge in [-0.1, -0.05) is 13.8 Å². The lowest BCUT2D eigenvalue weighted by atomic mass is 10.1. The molecule has 0 radical (unpaired) electrons. The Labute approximate surface area is 158 Å². The van der Waals surface area contributed by atoms with Gasteiger partial charge in [0.15, 0.2) is 0 Å². The molecule has 2 aromatic rings. The standard InChI is InChI=1S/C18H23N3O5S/c1-11(2)17-19-20-18(26-17)16-10-21(6-7-24-16)27(22,23)14-4-5-15-13(9-14)8-12(3)25-15/h4-5,9,11-12,16H,6-8,10H2,1-3H3/t12-,16+/m0/s1. The Morgan fingerprint density at radius 1 is 1.26 bits per heavy atom. The first-order valence-corrected chi connectivity index (χ1v) is 10.5. The molecule has 0 bridgehead atoms. The molecule has 0 N–H and O–H groups in total. The number of rotatable bonds is 4. The number of benzene rings is 1. The van der Waals surface area contributed by atoms with Crippen LogP contribution in [-0.2, 0) is 21.2 Å². The molecule has 4 rings (SSSR count). The van der Waals surface area contributed by atoms with E-state index in [-0.39, 0.29) is 36.6 Å². The molecule has 0 aliphatic carbocycles. The van der Waals surface area contributed by atoms with Crippen molar-refractivity contribution in [1.29, 1.82) is 0 Å². The molecule has 1 fully saturated rings. The number of sulfonamides is 1.